The highest BCUT2D eigenvalue weighted by molar-refractivity contribution is 5.95. The van der Waals surface area contributed by atoms with Crippen molar-refractivity contribution in [3.8, 4) is 0 Å². The smallest absolute Gasteiger partial charge is 0.292 e. The van der Waals surface area contributed by atoms with Gasteiger partial charge >= 0.3 is 0 Å². The number of carbonyl (C=O) groups excluding carboxylic acids is 1. The number of carbonyl (C=O) groups is 1. The van der Waals surface area contributed by atoms with Crippen molar-refractivity contribution in [1.29, 1.82) is 0 Å². The zero-order valence-electron chi connectivity index (χ0n) is 10.5. The number of nitrogens with zero attached hydrogens (tertiary/aromatic N) is 1. The molecule has 0 aliphatic rings. The topological polar surface area (TPSA) is 104 Å². The molecule has 110 valence electrons. The summed E-state index contributed by atoms with van der Waals surface area (Å²) in [4.78, 5) is 21.5. The minimum Gasteiger partial charge on any atom is -0.385 e. The summed E-state index contributed by atoms with van der Waals surface area (Å²) in [6.07, 6.45) is -4.93. The van der Waals surface area contributed by atoms with Crippen LogP contribution in [0.3, 0.4) is 0 Å². The van der Waals surface area contributed by atoms with E-state index in [0.29, 0.717) is 0 Å². The second-order valence-electron chi connectivity index (χ2n) is 3.85. The van der Waals surface area contributed by atoms with Crippen LogP contribution in [0.5, 0.6) is 0 Å². The molecule has 1 unspecified atom stereocenters. The van der Waals surface area contributed by atoms with E-state index in [1.54, 1.807) is 0 Å². The van der Waals surface area contributed by atoms with Gasteiger partial charge in [-0.05, 0) is 12.1 Å². The van der Waals surface area contributed by atoms with Crippen molar-refractivity contribution in [1.82, 2.24) is 5.32 Å². The monoisotopic (exact) mass is 289 g/mol. The average molecular weight is 289 g/mol. The third-order valence-corrected chi connectivity index (χ3v) is 2.48. The Morgan fingerprint density at radius 3 is 2.65 bits per heavy atom. The summed E-state index contributed by atoms with van der Waals surface area (Å²) in [5.74, 6) is -0.475. The fourth-order valence-corrected chi connectivity index (χ4v) is 1.43. The molecule has 0 saturated carbocycles. The van der Waals surface area contributed by atoms with Gasteiger partial charge in [-0.2, -0.15) is 0 Å². The number of aliphatic hydroxyl groups is 1. The van der Waals surface area contributed by atoms with Gasteiger partial charge in [-0.15, -0.1) is 0 Å². The quantitative estimate of drug-likeness (QED) is 0.535. The normalized spacial score (nSPS) is 12.1. The number of amides is 1. The van der Waals surface area contributed by atoms with Crippen molar-refractivity contribution in [3.63, 3.8) is 0 Å². The van der Waals surface area contributed by atoms with E-state index in [1.807, 2.05) is 0 Å². The number of nitro groups is 1. The predicted octanol–water partition coefficient (Wildman–Crippen LogP) is 0.992. The number of rotatable bonds is 6. The maximum atomic E-state index is 12.2. The molecule has 0 radical (unpaired) electrons. The lowest BCUT2D eigenvalue weighted by Crippen LogP contribution is -2.27. The Balaban J connectivity index is 3.00. The van der Waals surface area contributed by atoms with Crippen LogP contribution in [0.2, 0.25) is 0 Å². The highest BCUT2D eigenvalue weighted by atomic mass is 19.3. The number of halogens is 2. The van der Waals surface area contributed by atoms with E-state index in [2.05, 4.69) is 10.6 Å². The lowest BCUT2D eigenvalue weighted by Gasteiger charge is -2.12. The number of aliphatic hydroxyl groups excluding tert-OH is 1. The molecular formula is C11H13F2N3O4. The summed E-state index contributed by atoms with van der Waals surface area (Å²) in [5, 5.41) is 24.5. The van der Waals surface area contributed by atoms with Crippen LogP contribution in [0.1, 0.15) is 10.4 Å². The van der Waals surface area contributed by atoms with Gasteiger partial charge in [0.25, 0.3) is 18.0 Å². The largest absolute Gasteiger partial charge is 0.385 e. The molecule has 7 nitrogen and oxygen atoms in total. The third-order valence-electron chi connectivity index (χ3n) is 2.48. The van der Waals surface area contributed by atoms with E-state index in [1.165, 1.54) is 13.1 Å². The summed E-state index contributed by atoms with van der Waals surface area (Å²) in [6.45, 7) is -0.574. The van der Waals surface area contributed by atoms with Gasteiger partial charge < -0.3 is 15.7 Å². The zero-order valence-corrected chi connectivity index (χ0v) is 10.5. The lowest BCUT2D eigenvalue weighted by molar-refractivity contribution is -0.384. The molecule has 0 aliphatic carbocycles. The number of nitrogens with one attached hydrogen (secondary N) is 2. The molecule has 1 atom stereocenters. The summed E-state index contributed by atoms with van der Waals surface area (Å²) in [5.41, 5.74) is -0.359. The molecule has 0 aromatic heterocycles. The van der Waals surface area contributed by atoms with Crippen LogP contribution in [0.25, 0.3) is 0 Å². The highest BCUT2D eigenvalue weighted by Gasteiger charge is 2.20. The van der Waals surface area contributed by atoms with Gasteiger partial charge in [-0.3, -0.25) is 14.9 Å². The molecule has 0 bridgehead atoms. The molecule has 0 heterocycles. The highest BCUT2D eigenvalue weighted by Crippen LogP contribution is 2.25. The van der Waals surface area contributed by atoms with Crippen molar-refractivity contribution in [2.45, 2.75) is 12.5 Å². The predicted molar refractivity (Wildman–Crippen MR) is 67.0 cm³/mol. The third kappa shape index (κ3) is 3.85. The summed E-state index contributed by atoms with van der Waals surface area (Å²) >= 11 is 0. The summed E-state index contributed by atoms with van der Waals surface area (Å²) < 4.78 is 24.3. The lowest BCUT2D eigenvalue weighted by atomic mass is 10.1. The number of anilines is 1. The van der Waals surface area contributed by atoms with E-state index < -0.39 is 29.9 Å². The molecule has 1 rings (SSSR count). The minimum absolute atomic E-state index is 0.115. The second kappa shape index (κ2) is 6.75. The van der Waals surface area contributed by atoms with Gasteiger partial charge in [-0.25, -0.2) is 8.78 Å². The molecule has 1 amide bonds. The van der Waals surface area contributed by atoms with Crippen molar-refractivity contribution in [2.75, 3.05) is 18.9 Å². The Morgan fingerprint density at radius 1 is 1.50 bits per heavy atom. The zero-order chi connectivity index (χ0) is 15.3. The van der Waals surface area contributed by atoms with Gasteiger partial charge in [0.05, 0.1) is 4.92 Å². The molecule has 0 aliphatic heterocycles. The molecule has 0 spiro atoms. The Kier molecular flexibility index (Phi) is 5.32. The van der Waals surface area contributed by atoms with E-state index in [0.717, 1.165) is 12.1 Å². The Labute approximate surface area is 112 Å². The molecule has 20 heavy (non-hydrogen) atoms. The maximum Gasteiger partial charge on any atom is 0.292 e. The van der Waals surface area contributed by atoms with Crippen molar-refractivity contribution >= 4 is 17.3 Å². The maximum absolute atomic E-state index is 12.2. The molecule has 0 fully saturated rings. The van der Waals surface area contributed by atoms with Gasteiger partial charge in [0.2, 0.25) is 0 Å². The van der Waals surface area contributed by atoms with E-state index in [9.17, 15) is 23.7 Å². The summed E-state index contributed by atoms with van der Waals surface area (Å²) in [6, 6.07) is 3.49. The van der Waals surface area contributed by atoms with Gasteiger partial charge in [0, 0.05) is 25.2 Å². The van der Waals surface area contributed by atoms with Crippen LogP contribution >= 0.6 is 0 Å². The van der Waals surface area contributed by atoms with E-state index in [4.69, 9.17) is 5.11 Å². The summed E-state index contributed by atoms with van der Waals surface area (Å²) in [7, 11) is 1.39. The fraction of sp³-hybridized carbons (Fsp3) is 0.364. The van der Waals surface area contributed by atoms with Gasteiger partial charge in [-0.1, -0.05) is 0 Å². The fourth-order valence-electron chi connectivity index (χ4n) is 1.43. The first-order valence-electron chi connectivity index (χ1n) is 5.57. The standard InChI is InChI=1S/C11H13F2N3O4/c1-14-11(18)6-2-3-8(16(19)20)7(4-6)15-5-9(17)10(12)13/h2-4,9-10,15,17H,5H2,1H3,(H,14,18). The van der Waals surface area contributed by atoms with Gasteiger partial charge in [0.15, 0.2) is 0 Å². The van der Waals surface area contributed by atoms with Crippen LogP contribution in [0.15, 0.2) is 18.2 Å². The Bertz CT molecular complexity index is 510. The minimum atomic E-state index is -2.97. The van der Waals surface area contributed by atoms with Crippen LogP contribution < -0.4 is 10.6 Å². The van der Waals surface area contributed by atoms with Crippen LogP contribution in [0.4, 0.5) is 20.2 Å². The molecule has 3 N–H and O–H groups in total. The van der Waals surface area contributed by atoms with Gasteiger partial charge in [0.1, 0.15) is 11.8 Å². The van der Waals surface area contributed by atoms with Crippen LogP contribution in [0, 0.1) is 10.1 Å². The molecule has 9 heteroatoms. The van der Waals surface area contributed by atoms with Crippen molar-refractivity contribution < 1.29 is 23.6 Å². The van der Waals surface area contributed by atoms with Crippen molar-refractivity contribution in [2.24, 2.45) is 0 Å². The number of hydrogen-bond acceptors (Lipinski definition) is 5. The first-order chi connectivity index (χ1) is 9.36. The Morgan fingerprint density at radius 2 is 2.15 bits per heavy atom. The SMILES string of the molecule is CNC(=O)c1ccc([N+](=O)[O-])c(NCC(O)C(F)F)c1. The van der Waals surface area contributed by atoms with Crippen molar-refractivity contribution in [3.05, 3.63) is 33.9 Å². The first kappa shape index (κ1) is 15.8. The molecular weight excluding hydrogens is 276 g/mol. The number of alkyl halides is 2. The number of hydrogen-bond donors (Lipinski definition) is 3. The van der Waals surface area contributed by atoms with E-state index >= 15 is 0 Å². The average Bonchev–Trinajstić information content (AvgIpc) is 2.43. The number of nitro benzene ring substituents is 1. The Hall–Kier alpha value is -2.29. The second-order valence-corrected chi connectivity index (χ2v) is 3.85. The van der Waals surface area contributed by atoms with E-state index in [-0.39, 0.29) is 16.9 Å². The molecule has 1 aromatic rings. The molecule has 0 saturated heterocycles. The van der Waals surface area contributed by atoms with Crippen LogP contribution in [-0.2, 0) is 0 Å². The number of benzene rings is 1. The van der Waals surface area contributed by atoms with Crippen LogP contribution in [-0.4, -0.2) is 42.1 Å². The first-order valence-corrected chi connectivity index (χ1v) is 5.57. The molecule has 1 aromatic carbocycles.